The van der Waals surface area contributed by atoms with E-state index in [2.05, 4.69) is 15.8 Å². The second-order valence-electron chi connectivity index (χ2n) is 14.9. The number of ketones is 1. The van der Waals surface area contributed by atoms with Crippen molar-refractivity contribution in [3.63, 3.8) is 0 Å². The Labute approximate surface area is 293 Å². The number of pyridine rings is 1. The van der Waals surface area contributed by atoms with E-state index in [0.717, 1.165) is 42.3 Å². The Hall–Kier alpha value is -4.06. The molecule has 11 nitrogen and oxygen atoms in total. The highest BCUT2D eigenvalue weighted by atomic mass is 32.2. The Bertz CT molecular complexity index is 1900. The molecule has 12 heteroatoms. The van der Waals surface area contributed by atoms with Gasteiger partial charge in [0, 0.05) is 31.5 Å². The topological polar surface area (TPSA) is 141 Å². The lowest BCUT2D eigenvalue weighted by atomic mass is 9.90. The Balaban J connectivity index is 1.20. The number of aromatic nitrogens is 3. The van der Waals surface area contributed by atoms with Crippen LogP contribution in [-0.4, -0.2) is 68.9 Å². The number of nitrogens with one attached hydrogen (secondary N) is 1. The SMILES string of the molecule is CCn1c(O[C@@H]2C[C@H]3C(=O)C[C@]4(C(=O)NS(=O)(=O)C5(C)CC5)C[C@H]4/C=C\CCCCC[C@H](Cc4ccccc4)C(=O)N3C2)nc2ccncc21. The Morgan fingerprint density at radius 3 is 2.66 bits per heavy atom. The number of hydrogen-bond acceptors (Lipinski definition) is 8. The lowest BCUT2D eigenvalue weighted by molar-refractivity contribution is -0.142. The van der Waals surface area contributed by atoms with Crippen LogP contribution in [0.25, 0.3) is 11.0 Å². The van der Waals surface area contributed by atoms with E-state index in [0.29, 0.717) is 44.7 Å². The molecule has 5 atom stereocenters. The number of ether oxygens (including phenoxy) is 1. The standard InChI is InChI=1S/C38H47N5O6S/c1-3-42-32-24-39-19-16-30(32)40-36(42)49-29-21-31-33(44)23-38(35(46)41-50(47,48)37(2)17-18-37)22-28(38)15-11-6-4-5-10-14-27(34(45)43(31)25-29)20-26-12-8-7-9-13-26/h7-9,11-13,15-16,19,24,27-29,31H,3-6,10,14,17-18,20-23,25H2,1-2H3,(H,41,46)/b15-11-/t27-,28-,29-,31+,38-/m1/s1. The van der Waals surface area contributed by atoms with Crippen molar-refractivity contribution in [3.05, 3.63) is 66.5 Å². The van der Waals surface area contributed by atoms with E-state index in [4.69, 9.17) is 9.72 Å². The number of carbonyl (C=O) groups excluding carboxylic acids is 3. The van der Waals surface area contributed by atoms with Crippen molar-refractivity contribution >= 4 is 38.7 Å². The van der Waals surface area contributed by atoms with Gasteiger partial charge in [-0.3, -0.25) is 28.7 Å². The number of hydrogen-bond donors (Lipinski definition) is 1. The number of fused-ring (bicyclic) bond motifs is 3. The molecule has 0 unspecified atom stereocenters. The first-order valence-electron chi connectivity index (χ1n) is 18.1. The third kappa shape index (κ3) is 6.70. The van der Waals surface area contributed by atoms with Gasteiger partial charge >= 0.3 is 0 Å². The van der Waals surface area contributed by atoms with E-state index in [1.807, 2.05) is 54.0 Å². The zero-order valence-corrected chi connectivity index (χ0v) is 29.7. The number of amides is 2. The Morgan fingerprint density at radius 1 is 1.10 bits per heavy atom. The van der Waals surface area contributed by atoms with Crippen LogP contribution in [0, 0.1) is 17.3 Å². The van der Waals surface area contributed by atoms with Crippen LogP contribution < -0.4 is 9.46 Å². The number of nitrogens with zero attached hydrogens (tertiary/aromatic N) is 4. The minimum absolute atomic E-state index is 0.0884. The molecule has 4 aliphatic rings. The van der Waals surface area contributed by atoms with Crippen molar-refractivity contribution in [2.45, 2.75) is 108 Å². The van der Waals surface area contributed by atoms with Gasteiger partial charge in [0.15, 0.2) is 5.78 Å². The van der Waals surface area contributed by atoms with Crippen LogP contribution in [0.5, 0.6) is 6.01 Å². The van der Waals surface area contributed by atoms with Gasteiger partial charge in [-0.05, 0) is 76.3 Å². The summed E-state index contributed by atoms with van der Waals surface area (Å²) < 4.78 is 36.1. The van der Waals surface area contributed by atoms with Crippen molar-refractivity contribution in [2.75, 3.05) is 6.54 Å². The molecule has 3 fully saturated rings. The van der Waals surface area contributed by atoms with Gasteiger partial charge in [0.1, 0.15) is 6.10 Å². The molecule has 0 spiro atoms. The summed E-state index contributed by atoms with van der Waals surface area (Å²) in [6, 6.07) is 11.4. The molecule has 2 aliphatic heterocycles. The number of sulfonamides is 1. The first-order chi connectivity index (χ1) is 24.0. The maximum atomic E-state index is 14.6. The van der Waals surface area contributed by atoms with Crippen LogP contribution in [0.2, 0.25) is 0 Å². The summed E-state index contributed by atoms with van der Waals surface area (Å²) in [7, 11) is -3.89. The molecular formula is C38H47N5O6S. The van der Waals surface area contributed by atoms with E-state index in [1.165, 1.54) is 0 Å². The Kier molecular flexibility index (Phi) is 9.34. The molecule has 1 aromatic carbocycles. The van der Waals surface area contributed by atoms with Gasteiger partial charge in [0.25, 0.3) is 6.01 Å². The molecule has 3 aromatic rings. The van der Waals surface area contributed by atoms with Gasteiger partial charge in [-0.1, -0.05) is 55.3 Å². The predicted molar refractivity (Wildman–Crippen MR) is 188 cm³/mol. The third-order valence-electron chi connectivity index (χ3n) is 11.4. The van der Waals surface area contributed by atoms with Crippen molar-refractivity contribution < 1.29 is 27.5 Å². The highest BCUT2D eigenvalue weighted by Gasteiger charge is 2.62. The number of rotatable bonds is 8. The number of carbonyl (C=O) groups is 3. The number of Topliss-reactive ketones (excluding diaryl/α,β-unsaturated/α-hetero) is 1. The molecule has 50 heavy (non-hydrogen) atoms. The molecule has 0 bridgehead atoms. The first kappa shape index (κ1) is 34.4. The zero-order chi connectivity index (χ0) is 35.1. The second kappa shape index (κ2) is 13.6. The van der Waals surface area contributed by atoms with Crippen LogP contribution in [0.3, 0.4) is 0 Å². The van der Waals surface area contributed by atoms with Gasteiger partial charge in [-0.25, -0.2) is 8.42 Å². The van der Waals surface area contributed by atoms with Gasteiger partial charge in [-0.2, -0.15) is 4.98 Å². The minimum atomic E-state index is -3.89. The van der Waals surface area contributed by atoms with Crippen molar-refractivity contribution in [1.82, 2.24) is 24.2 Å². The van der Waals surface area contributed by atoms with Crippen LogP contribution in [0.4, 0.5) is 0 Å². The maximum Gasteiger partial charge on any atom is 0.297 e. The van der Waals surface area contributed by atoms with Crippen LogP contribution in [0.15, 0.2) is 60.9 Å². The van der Waals surface area contributed by atoms with Gasteiger partial charge in [0.2, 0.25) is 21.8 Å². The summed E-state index contributed by atoms with van der Waals surface area (Å²) in [6.07, 6.45) is 13.3. The number of aryl methyl sites for hydroxylation is 1. The van der Waals surface area contributed by atoms with E-state index in [9.17, 15) is 22.8 Å². The van der Waals surface area contributed by atoms with Gasteiger partial charge in [-0.15, -0.1) is 0 Å². The first-order valence-corrected chi connectivity index (χ1v) is 19.6. The summed E-state index contributed by atoms with van der Waals surface area (Å²) >= 11 is 0. The third-order valence-corrected chi connectivity index (χ3v) is 13.6. The second-order valence-corrected chi connectivity index (χ2v) is 17.1. The van der Waals surface area contributed by atoms with Crippen LogP contribution >= 0.6 is 0 Å². The molecule has 2 saturated carbocycles. The number of allylic oxidation sites excluding steroid dienone is 2. The van der Waals surface area contributed by atoms with Crippen molar-refractivity contribution in [3.8, 4) is 6.01 Å². The van der Waals surface area contributed by atoms with E-state index in [-0.39, 0.29) is 42.9 Å². The summed E-state index contributed by atoms with van der Waals surface area (Å²) in [5, 5.41) is 0. The summed E-state index contributed by atoms with van der Waals surface area (Å²) in [5.41, 5.74) is 1.47. The van der Waals surface area contributed by atoms with E-state index in [1.54, 1.807) is 24.2 Å². The average Bonchev–Trinajstić information content (AvgIpc) is 3.93. The molecule has 2 aliphatic carbocycles. The highest BCUT2D eigenvalue weighted by molar-refractivity contribution is 7.91. The van der Waals surface area contributed by atoms with E-state index >= 15 is 0 Å². The lowest BCUT2D eigenvalue weighted by Gasteiger charge is -2.29. The highest BCUT2D eigenvalue weighted by Crippen LogP contribution is 2.57. The quantitative estimate of drug-likeness (QED) is 0.319. The molecule has 1 saturated heterocycles. The van der Waals surface area contributed by atoms with E-state index < -0.39 is 38.2 Å². The normalized spacial score (nSPS) is 29.0. The predicted octanol–water partition coefficient (Wildman–Crippen LogP) is 5.14. The molecule has 266 valence electrons. The van der Waals surface area contributed by atoms with Gasteiger partial charge in [0.05, 0.1) is 40.0 Å². The summed E-state index contributed by atoms with van der Waals surface area (Å²) in [6.45, 7) is 4.45. The molecule has 2 aromatic heterocycles. The average molecular weight is 702 g/mol. The van der Waals surface area contributed by atoms with Crippen LogP contribution in [-0.2, 0) is 37.4 Å². The maximum absolute atomic E-state index is 14.6. The lowest BCUT2D eigenvalue weighted by Crippen LogP contribution is -2.47. The number of imidazole rings is 1. The number of benzene rings is 1. The molecule has 7 rings (SSSR count). The fourth-order valence-corrected chi connectivity index (χ4v) is 9.14. The minimum Gasteiger partial charge on any atom is -0.459 e. The molecule has 2 amide bonds. The monoisotopic (exact) mass is 701 g/mol. The fraction of sp³-hybridized carbons (Fsp3) is 0.553. The Morgan fingerprint density at radius 2 is 1.90 bits per heavy atom. The fourth-order valence-electron chi connectivity index (χ4n) is 7.81. The largest absolute Gasteiger partial charge is 0.459 e. The van der Waals surface area contributed by atoms with Gasteiger partial charge < -0.3 is 9.64 Å². The molecule has 4 heterocycles. The molecule has 1 N–H and O–H groups in total. The zero-order valence-electron chi connectivity index (χ0n) is 28.9. The van der Waals surface area contributed by atoms with Crippen molar-refractivity contribution in [2.24, 2.45) is 17.3 Å². The molecular weight excluding hydrogens is 655 g/mol. The van der Waals surface area contributed by atoms with Crippen LogP contribution in [0.1, 0.15) is 83.6 Å². The molecule has 0 radical (unpaired) electrons. The summed E-state index contributed by atoms with van der Waals surface area (Å²) in [4.78, 5) is 53.6. The summed E-state index contributed by atoms with van der Waals surface area (Å²) in [5.74, 6) is -1.52. The van der Waals surface area contributed by atoms with Crippen molar-refractivity contribution in [1.29, 1.82) is 0 Å². The smallest absolute Gasteiger partial charge is 0.297 e.